The van der Waals surface area contributed by atoms with Crippen molar-refractivity contribution < 1.29 is 29.6 Å². The maximum atomic E-state index is 2.40. The Morgan fingerprint density at radius 2 is 0.750 bits per heavy atom. The van der Waals surface area contributed by atoms with Crippen LogP contribution < -0.4 is 45.9 Å². The van der Waals surface area contributed by atoms with Gasteiger partial charge in [-0.25, -0.2) is 5.98 Å². The monoisotopic (exact) mass is 368 g/mol. The van der Waals surface area contributed by atoms with Crippen molar-refractivity contribution in [3.8, 4) is 0 Å². The summed E-state index contributed by atoms with van der Waals surface area (Å²) in [6.07, 6.45) is 1.04. The zero-order chi connectivity index (χ0) is 18.4. The van der Waals surface area contributed by atoms with Crippen LogP contribution >= 0.6 is 0 Å². The van der Waals surface area contributed by atoms with Gasteiger partial charge in [-0.2, -0.15) is 16.4 Å². The first-order valence-corrected chi connectivity index (χ1v) is 9.46. The van der Waals surface area contributed by atoms with Gasteiger partial charge < -0.3 is 0 Å². The third-order valence-corrected chi connectivity index (χ3v) is 5.35. The number of hydrogen-bond acceptors (Lipinski definition) is 0. The Bertz CT molecular complexity index is 901. The average Bonchev–Trinajstić information content (AvgIpc) is 2.77. The molecule has 2 heteroatoms. The van der Waals surface area contributed by atoms with Crippen molar-refractivity contribution in [2.45, 2.75) is 0 Å². The van der Waals surface area contributed by atoms with Crippen LogP contribution in [0.25, 0.3) is 6.08 Å². The van der Waals surface area contributed by atoms with E-state index in [1.54, 1.807) is 0 Å². The minimum Gasteiger partial charge on any atom is -0.231 e. The van der Waals surface area contributed by atoms with Gasteiger partial charge in [0.05, 0.1) is 0 Å². The molecule has 0 nitrogen and oxygen atoms in total. The SMILES string of the molecule is C(=C[B-](c1ccccc1)(c1ccccc1)c1ccccc1)c1ccccc1.[Na+]. The summed E-state index contributed by atoms with van der Waals surface area (Å²) in [6.45, 7) is 0. The first-order chi connectivity index (χ1) is 13.4. The van der Waals surface area contributed by atoms with Crippen LogP contribution in [-0.4, -0.2) is 6.15 Å². The molecule has 0 N–H and O–H groups in total. The number of hydrogen-bond donors (Lipinski definition) is 0. The minimum atomic E-state index is -1.22. The Morgan fingerprint density at radius 3 is 1.11 bits per heavy atom. The Labute approximate surface area is 190 Å². The van der Waals surface area contributed by atoms with Gasteiger partial charge in [0.2, 0.25) is 0 Å². The average molecular weight is 368 g/mol. The van der Waals surface area contributed by atoms with E-state index in [1.807, 2.05) is 0 Å². The maximum Gasteiger partial charge on any atom is 1.00 e. The zero-order valence-corrected chi connectivity index (χ0v) is 18.3. The molecule has 0 radical (unpaired) electrons. The van der Waals surface area contributed by atoms with E-state index < -0.39 is 6.15 Å². The van der Waals surface area contributed by atoms with Crippen LogP contribution in [-0.2, 0) is 0 Å². The van der Waals surface area contributed by atoms with Crippen LogP contribution in [0, 0.1) is 0 Å². The summed E-state index contributed by atoms with van der Waals surface area (Å²) in [5.41, 5.74) is 5.18. The normalized spacial score (nSPS) is 11.1. The third-order valence-electron chi connectivity index (χ3n) is 5.35. The summed E-state index contributed by atoms with van der Waals surface area (Å²) in [5.74, 6) is 2.40. The first-order valence-electron chi connectivity index (χ1n) is 9.46. The quantitative estimate of drug-likeness (QED) is 0.468. The Kier molecular flexibility index (Phi) is 7.11. The van der Waals surface area contributed by atoms with Gasteiger partial charge in [0, 0.05) is 0 Å². The van der Waals surface area contributed by atoms with Gasteiger partial charge in [-0.1, -0.05) is 127 Å². The van der Waals surface area contributed by atoms with Crippen molar-refractivity contribution in [2.24, 2.45) is 0 Å². The molecule has 0 unspecified atom stereocenters. The first kappa shape index (κ1) is 20.4. The van der Waals surface area contributed by atoms with Crippen LogP contribution in [0.4, 0.5) is 0 Å². The molecule has 0 aliphatic carbocycles. The molecule has 4 rings (SSSR count). The van der Waals surface area contributed by atoms with E-state index in [4.69, 9.17) is 0 Å². The molecular formula is C26H22BNa. The van der Waals surface area contributed by atoms with E-state index >= 15 is 0 Å². The molecule has 130 valence electrons. The van der Waals surface area contributed by atoms with Crippen LogP contribution in [0.2, 0.25) is 0 Å². The van der Waals surface area contributed by atoms with Crippen molar-refractivity contribution >= 4 is 28.6 Å². The van der Waals surface area contributed by atoms with E-state index in [0.717, 1.165) is 0 Å². The van der Waals surface area contributed by atoms with Crippen molar-refractivity contribution in [3.05, 3.63) is 133 Å². The fourth-order valence-electron chi connectivity index (χ4n) is 4.00. The molecule has 4 aromatic rings. The van der Waals surface area contributed by atoms with Crippen LogP contribution in [0.15, 0.2) is 127 Å². The fourth-order valence-corrected chi connectivity index (χ4v) is 4.00. The number of rotatable bonds is 5. The third kappa shape index (κ3) is 4.23. The smallest absolute Gasteiger partial charge is 0.231 e. The Balaban J connectivity index is 0.00000225. The number of benzene rings is 4. The fraction of sp³-hybridized carbons (Fsp3) is 0. The van der Waals surface area contributed by atoms with Gasteiger partial charge in [0.25, 0.3) is 0 Å². The molecule has 0 saturated heterocycles. The van der Waals surface area contributed by atoms with Gasteiger partial charge in [0.15, 0.2) is 0 Å². The van der Waals surface area contributed by atoms with E-state index in [0.29, 0.717) is 0 Å². The zero-order valence-electron chi connectivity index (χ0n) is 16.3. The molecule has 0 aromatic heterocycles. The van der Waals surface area contributed by atoms with Crippen molar-refractivity contribution in [1.29, 1.82) is 0 Å². The van der Waals surface area contributed by atoms with Crippen molar-refractivity contribution in [1.82, 2.24) is 0 Å². The summed E-state index contributed by atoms with van der Waals surface area (Å²) in [4.78, 5) is 0. The van der Waals surface area contributed by atoms with Gasteiger partial charge >= 0.3 is 29.6 Å². The van der Waals surface area contributed by atoms with Crippen LogP contribution in [0.5, 0.6) is 0 Å². The molecule has 0 spiro atoms. The Morgan fingerprint density at radius 1 is 0.429 bits per heavy atom. The molecule has 0 atom stereocenters. The summed E-state index contributed by atoms with van der Waals surface area (Å²) >= 11 is 0. The topological polar surface area (TPSA) is 0 Å². The molecule has 0 heterocycles. The van der Waals surface area contributed by atoms with Crippen LogP contribution in [0.3, 0.4) is 0 Å². The van der Waals surface area contributed by atoms with Gasteiger partial charge in [-0.15, -0.1) is 0 Å². The van der Waals surface area contributed by atoms with Gasteiger partial charge in [-0.3, -0.25) is 0 Å². The predicted molar refractivity (Wildman–Crippen MR) is 119 cm³/mol. The van der Waals surface area contributed by atoms with Crippen molar-refractivity contribution in [3.63, 3.8) is 0 Å². The molecule has 28 heavy (non-hydrogen) atoms. The second-order valence-electron chi connectivity index (χ2n) is 6.93. The van der Waals surface area contributed by atoms with E-state index in [1.165, 1.54) is 22.0 Å². The molecule has 0 aliphatic heterocycles. The van der Waals surface area contributed by atoms with Gasteiger partial charge in [-0.05, 0) is 5.56 Å². The second-order valence-corrected chi connectivity index (χ2v) is 6.93. The summed E-state index contributed by atoms with van der Waals surface area (Å²) in [5, 5.41) is 0. The molecule has 0 aliphatic rings. The van der Waals surface area contributed by atoms with E-state index in [2.05, 4.69) is 133 Å². The molecule has 4 aromatic carbocycles. The minimum absolute atomic E-state index is 0. The second kappa shape index (κ2) is 9.75. The molecule has 0 saturated carbocycles. The van der Waals surface area contributed by atoms with Gasteiger partial charge in [0.1, 0.15) is 6.15 Å². The van der Waals surface area contributed by atoms with E-state index in [9.17, 15) is 0 Å². The van der Waals surface area contributed by atoms with Crippen LogP contribution in [0.1, 0.15) is 5.56 Å². The van der Waals surface area contributed by atoms with Crippen molar-refractivity contribution in [2.75, 3.05) is 0 Å². The summed E-state index contributed by atoms with van der Waals surface area (Å²) < 4.78 is 0. The maximum absolute atomic E-state index is 2.40. The predicted octanol–water partition coefficient (Wildman–Crippen LogP) is 1.41. The van der Waals surface area contributed by atoms with E-state index in [-0.39, 0.29) is 29.6 Å². The Hall–Kier alpha value is -2.32. The molecular weight excluding hydrogens is 346 g/mol. The summed E-state index contributed by atoms with van der Waals surface area (Å²) in [7, 11) is 0. The molecule has 0 fully saturated rings. The largest absolute Gasteiger partial charge is 1.00 e. The standard InChI is InChI=1S/C26H22B.Na/c1-5-13-23(14-6-1)21-22-27(24-15-7-2-8-16-24,25-17-9-3-10-18-25)26-19-11-4-12-20-26;/h1-22H;/q-1;+1. The molecule has 0 bridgehead atoms. The molecule has 0 amide bonds. The summed E-state index contributed by atoms with van der Waals surface area (Å²) in [6, 6.07) is 43.1.